The van der Waals surface area contributed by atoms with Gasteiger partial charge >= 0.3 is 0 Å². The monoisotopic (exact) mass is 585 g/mol. The van der Waals surface area contributed by atoms with E-state index in [4.69, 9.17) is 14.9 Å². The number of benzene rings is 3. The van der Waals surface area contributed by atoms with Gasteiger partial charge in [0.25, 0.3) is 5.91 Å². The molecule has 1 aliphatic rings. The van der Waals surface area contributed by atoms with E-state index in [9.17, 15) is 9.18 Å². The molecule has 0 aliphatic carbocycles. The van der Waals surface area contributed by atoms with Gasteiger partial charge in [-0.15, -0.1) is 15.0 Å². The minimum absolute atomic E-state index is 0.0193. The van der Waals surface area contributed by atoms with Crippen LogP contribution < -0.4 is 4.74 Å². The fourth-order valence-electron chi connectivity index (χ4n) is 6.42. The number of amides is 1. The summed E-state index contributed by atoms with van der Waals surface area (Å²) in [6, 6.07) is 20.7. The molecule has 0 unspecified atom stereocenters. The van der Waals surface area contributed by atoms with Crippen LogP contribution in [0.5, 0.6) is 5.75 Å². The Hall–Kier alpha value is -3.78. The Labute approximate surface area is 254 Å². The van der Waals surface area contributed by atoms with Gasteiger partial charge in [-0.25, -0.2) is 4.39 Å². The summed E-state index contributed by atoms with van der Waals surface area (Å²) in [6.07, 6.45) is 0.996. The largest absolute Gasteiger partial charge is 0.481 e. The zero-order chi connectivity index (χ0) is 30.9. The average molecular weight is 586 g/mol. The summed E-state index contributed by atoms with van der Waals surface area (Å²) in [7, 11) is 0. The van der Waals surface area contributed by atoms with Gasteiger partial charge in [-0.3, -0.25) is 9.69 Å². The molecule has 1 fully saturated rings. The highest BCUT2D eigenvalue weighted by atomic mass is 19.1. The summed E-state index contributed by atoms with van der Waals surface area (Å²) >= 11 is 0. The van der Waals surface area contributed by atoms with E-state index in [1.807, 2.05) is 47.4 Å². The molecule has 2 atom stereocenters. The van der Waals surface area contributed by atoms with Gasteiger partial charge in [0.1, 0.15) is 28.3 Å². The van der Waals surface area contributed by atoms with Gasteiger partial charge < -0.3 is 9.64 Å². The second-order valence-corrected chi connectivity index (χ2v) is 13.9. The second-order valence-electron chi connectivity index (χ2n) is 13.9. The second kappa shape index (κ2) is 12.1. The van der Waals surface area contributed by atoms with Crippen LogP contribution in [0.25, 0.3) is 16.7 Å². The first-order valence-corrected chi connectivity index (χ1v) is 15.2. The Morgan fingerprint density at radius 1 is 0.907 bits per heavy atom. The molecule has 0 radical (unpaired) electrons. The molecule has 7 nitrogen and oxygen atoms in total. The lowest BCUT2D eigenvalue weighted by Gasteiger charge is -2.44. The highest BCUT2D eigenvalue weighted by Crippen LogP contribution is 2.38. The third kappa shape index (κ3) is 7.24. The van der Waals surface area contributed by atoms with Crippen LogP contribution in [-0.2, 0) is 16.8 Å². The van der Waals surface area contributed by atoms with Crippen LogP contribution in [0.15, 0.2) is 66.7 Å². The standard InChI is InChI=1S/C35H44FN5O2/c1-24-20-40(25(2)19-39(24)21-26-12-15-28(36)16-13-26)33(42)22-43-32-17-14-27(35(6,7)23-34(3,4)5)18-31(32)41-37-29-10-8-9-11-30(29)38-41/h8-18,24-25H,19-23H2,1-7H3/t24-,25+/m0/s1. The predicted molar refractivity (Wildman–Crippen MR) is 169 cm³/mol. The molecule has 0 N–H and O–H groups in total. The van der Waals surface area contributed by atoms with E-state index in [2.05, 4.69) is 65.5 Å². The number of halogens is 1. The molecule has 8 heteroatoms. The number of carbonyl (C=O) groups excluding carboxylic acids is 1. The Morgan fingerprint density at radius 3 is 2.19 bits per heavy atom. The number of aromatic nitrogens is 3. The van der Waals surface area contributed by atoms with Crippen molar-refractivity contribution in [2.45, 2.75) is 78.9 Å². The topological polar surface area (TPSA) is 63.5 Å². The normalized spacial score (nSPS) is 18.3. The van der Waals surface area contributed by atoms with E-state index in [1.165, 1.54) is 12.1 Å². The first-order chi connectivity index (χ1) is 20.3. The highest BCUT2D eigenvalue weighted by molar-refractivity contribution is 5.78. The van der Waals surface area contributed by atoms with Crippen molar-refractivity contribution in [2.75, 3.05) is 19.7 Å². The van der Waals surface area contributed by atoms with Gasteiger partial charge in [0.15, 0.2) is 6.61 Å². The van der Waals surface area contributed by atoms with Crippen molar-refractivity contribution < 1.29 is 13.9 Å². The molecule has 1 saturated heterocycles. The molecule has 43 heavy (non-hydrogen) atoms. The van der Waals surface area contributed by atoms with E-state index in [-0.39, 0.29) is 41.2 Å². The van der Waals surface area contributed by atoms with Gasteiger partial charge in [0.2, 0.25) is 0 Å². The van der Waals surface area contributed by atoms with Crippen molar-refractivity contribution in [3.8, 4) is 11.4 Å². The Morgan fingerprint density at radius 2 is 1.56 bits per heavy atom. The van der Waals surface area contributed by atoms with Gasteiger partial charge in [0, 0.05) is 31.7 Å². The lowest BCUT2D eigenvalue weighted by Crippen LogP contribution is -2.58. The van der Waals surface area contributed by atoms with Crippen molar-refractivity contribution in [2.24, 2.45) is 5.41 Å². The summed E-state index contributed by atoms with van der Waals surface area (Å²) < 4.78 is 19.6. The molecule has 0 spiro atoms. The number of hydrogen-bond donors (Lipinski definition) is 0. The van der Waals surface area contributed by atoms with Gasteiger partial charge in [-0.05, 0) is 78.6 Å². The number of rotatable bonds is 8. The average Bonchev–Trinajstić information content (AvgIpc) is 3.37. The van der Waals surface area contributed by atoms with Crippen LogP contribution in [0.1, 0.15) is 66.0 Å². The van der Waals surface area contributed by atoms with Crippen LogP contribution in [0.2, 0.25) is 0 Å². The molecule has 4 aromatic rings. The minimum Gasteiger partial charge on any atom is -0.481 e. The number of ether oxygens (including phenoxy) is 1. The summed E-state index contributed by atoms with van der Waals surface area (Å²) in [4.78, 5) is 19.4. The third-order valence-corrected chi connectivity index (χ3v) is 8.30. The molecule has 1 amide bonds. The summed E-state index contributed by atoms with van der Waals surface area (Å²) in [5.41, 5.74) is 4.60. The van der Waals surface area contributed by atoms with Crippen molar-refractivity contribution in [1.82, 2.24) is 24.8 Å². The predicted octanol–water partition coefficient (Wildman–Crippen LogP) is 6.77. The van der Waals surface area contributed by atoms with E-state index in [0.717, 1.165) is 41.7 Å². The maximum atomic E-state index is 13.5. The molecule has 1 aromatic heterocycles. The lowest BCUT2D eigenvalue weighted by atomic mass is 9.72. The Bertz CT molecular complexity index is 1540. The maximum Gasteiger partial charge on any atom is 0.260 e. The van der Waals surface area contributed by atoms with E-state index >= 15 is 0 Å². The van der Waals surface area contributed by atoms with Crippen LogP contribution in [0.3, 0.4) is 0 Å². The molecule has 3 aromatic carbocycles. The quantitative estimate of drug-likeness (QED) is 0.228. The smallest absolute Gasteiger partial charge is 0.260 e. The third-order valence-electron chi connectivity index (χ3n) is 8.30. The SMILES string of the molecule is C[C@@H]1CN(Cc2ccc(F)cc2)[C@@H](C)CN1C(=O)COc1ccc(C(C)(C)CC(C)(C)C)cc1-n1nc2ccccc2n1. The van der Waals surface area contributed by atoms with E-state index < -0.39 is 0 Å². The zero-order valence-electron chi connectivity index (χ0n) is 26.5. The van der Waals surface area contributed by atoms with Crippen LogP contribution >= 0.6 is 0 Å². The van der Waals surface area contributed by atoms with Crippen LogP contribution in [0.4, 0.5) is 4.39 Å². The molecule has 0 bridgehead atoms. The summed E-state index contributed by atoms with van der Waals surface area (Å²) in [6.45, 7) is 17.4. The van der Waals surface area contributed by atoms with E-state index in [0.29, 0.717) is 18.0 Å². The lowest BCUT2D eigenvalue weighted by molar-refractivity contribution is -0.139. The van der Waals surface area contributed by atoms with Crippen LogP contribution in [0, 0.1) is 11.2 Å². The highest BCUT2D eigenvalue weighted by Gasteiger charge is 2.33. The van der Waals surface area contributed by atoms with Gasteiger partial charge in [0.05, 0.1) is 0 Å². The Balaban J connectivity index is 1.34. The first-order valence-electron chi connectivity index (χ1n) is 15.2. The number of piperazine rings is 1. The maximum absolute atomic E-state index is 13.5. The fourth-order valence-corrected chi connectivity index (χ4v) is 6.42. The molecular formula is C35H44FN5O2. The fraction of sp³-hybridized carbons (Fsp3) is 0.457. The van der Waals surface area contributed by atoms with Crippen molar-refractivity contribution in [3.63, 3.8) is 0 Å². The molecule has 228 valence electrons. The Kier molecular flexibility index (Phi) is 8.61. The van der Waals surface area contributed by atoms with Crippen molar-refractivity contribution >= 4 is 16.9 Å². The zero-order valence-corrected chi connectivity index (χ0v) is 26.5. The number of hydrogen-bond acceptors (Lipinski definition) is 5. The van der Waals surface area contributed by atoms with Crippen molar-refractivity contribution in [3.05, 3.63) is 83.7 Å². The van der Waals surface area contributed by atoms with Crippen molar-refractivity contribution in [1.29, 1.82) is 0 Å². The summed E-state index contributed by atoms with van der Waals surface area (Å²) in [5, 5.41) is 9.46. The molecule has 1 aliphatic heterocycles. The molecular weight excluding hydrogens is 541 g/mol. The number of fused-ring (bicyclic) bond motifs is 1. The van der Waals surface area contributed by atoms with Crippen LogP contribution in [-0.4, -0.2) is 62.5 Å². The molecule has 2 heterocycles. The molecule has 0 saturated carbocycles. The van der Waals surface area contributed by atoms with E-state index in [1.54, 1.807) is 4.80 Å². The number of nitrogens with zero attached hydrogens (tertiary/aromatic N) is 5. The van der Waals surface area contributed by atoms with Gasteiger partial charge in [-0.2, -0.15) is 0 Å². The first kappa shape index (κ1) is 30.7. The molecule has 5 rings (SSSR count). The minimum atomic E-state index is -0.233. The van der Waals surface area contributed by atoms with Gasteiger partial charge in [-0.1, -0.05) is 65.0 Å². The number of carbonyl (C=O) groups is 1. The summed E-state index contributed by atoms with van der Waals surface area (Å²) in [5.74, 6) is 0.283.